The quantitative estimate of drug-likeness (QED) is 0.467. The lowest BCUT2D eigenvalue weighted by atomic mass is 10.1. The van der Waals surface area contributed by atoms with Gasteiger partial charge in [0.2, 0.25) is 0 Å². The van der Waals surface area contributed by atoms with Gasteiger partial charge in [0.15, 0.2) is 27.3 Å². The SMILES string of the molecule is CCNC(=NCc1ccc(S(C)(=O)=O)c(C)c1)NCCc1ccc(OC)c(OC)c1. The zero-order valence-corrected chi connectivity index (χ0v) is 19.1. The third-order valence-corrected chi connectivity index (χ3v) is 5.81. The fraction of sp³-hybridized carbons (Fsp3) is 0.409. The Morgan fingerprint density at radius 1 is 1.00 bits per heavy atom. The van der Waals surface area contributed by atoms with E-state index in [1.807, 2.05) is 31.2 Å². The van der Waals surface area contributed by atoms with Crippen LogP contribution in [0.15, 0.2) is 46.3 Å². The molecule has 2 N–H and O–H groups in total. The lowest BCUT2D eigenvalue weighted by molar-refractivity contribution is 0.354. The Hall–Kier alpha value is -2.74. The van der Waals surface area contributed by atoms with Gasteiger partial charge in [-0.05, 0) is 55.2 Å². The van der Waals surface area contributed by atoms with Crippen LogP contribution in [-0.4, -0.2) is 47.9 Å². The third kappa shape index (κ3) is 6.66. The average Bonchev–Trinajstić information content (AvgIpc) is 2.70. The summed E-state index contributed by atoms with van der Waals surface area (Å²) in [6.07, 6.45) is 2.02. The molecule has 164 valence electrons. The molecule has 0 amide bonds. The Bertz CT molecular complexity index is 988. The predicted octanol–water partition coefficient (Wildman–Crippen LogP) is 2.71. The van der Waals surface area contributed by atoms with Crippen LogP contribution >= 0.6 is 0 Å². The first-order valence-corrected chi connectivity index (χ1v) is 11.7. The minimum Gasteiger partial charge on any atom is -0.493 e. The maximum atomic E-state index is 11.8. The molecule has 0 spiro atoms. The number of benzene rings is 2. The third-order valence-electron chi connectivity index (χ3n) is 4.56. The molecule has 30 heavy (non-hydrogen) atoms. The largest absolute Gasteiger partial charge is 0.493 e. The molecule has 0 fully saturated rings. The maximum absolute atomic E-state index is 11.8. The molecule has 0 atom stereocenters. The Morgan fingerprint density at radius 2 is 1.70 bits per heavy atom. The molecule has 0 saturated carbocycles. The number of aliphatic imine (C=N–C) groups is 1. The lowest BCUT2D eigenvalue weighted by Gasteiger charge is -2.13. The first kappa shape index (κ1) is 23.5. The van der Waals surface area contributed by atoms with Crippen molar-refractivity contribution in [3.05, 3.63) is 53.1 Å². The van der Waals surface area contributed by atoms with Crippen molar-refractivity contribution >= 4 is 15.8 Å². The van der Waals surface area contributed by atoms with Crippen LogP contribution in [0.25, 0.3) is 0 Å². The second-order valence-electron chi connectivity index (χ2n) is 6.93. The van der Waals surface area contributed by atoms with E-state index in [4.69, 9.17) is 9.47 Å². The van der Waals surface area contributed by atoms with Crippen LogP contribution in [0.2, 0.25) is 0 Å². The van der Waals surface area contributed by atoms with Gasteiger partial charge in [-0.1, -0.05) is 18.2 Å². The van der Waals surface area contributed by atoms with E-state index >= 15 is 0 Å². The van der Waals surface area contributed by atoms with Crippen molar-refractivity contribution in [1.82, 2.24) is 10.6 Å². The molecule has 8 heteroatoms. The Balaban J connectivity index is 2.00. The highest BCUT2D eigenvalue weighted by atomic mass is 32.2. The first-order chi connectivity index (χ1) is 14.3. The number of hydrogen-bond donors (Lipinski definition) is 2. The summed E-state index contributed by atoms with van der Waals surface area (Å²) < 4.78 is 34.2. The smallest absolute Gasteiger partial charge is 0.191 e. The molecule has 2 aromatic carbocycles. The fourth-order valence-electron chi connectivity index (χ4n) is 3.10. The van der Waals surface area contributed by atoms with Crippen LogP contribution in [0.5, 0.6) is 11.5 Å². The first-order valence-electron chi connectivity index (χ1n) is 9.81. The number of sulfone groups is 1. The molecule has 0 heterocycles. The van der Waals surface area contributed by atoms with Crippen molar-refractivity contribution in [2.75, 3.05) is 33.6 Å². The van der Waals surface area contributed by atoms with Gasteiger partial charge in [0.05, 0.1) is 25.7 Å². The zero-order chi connectivity index (χ0) is 22.1. The number of methoxy groups -OCH3 is 2. The van der Waals surface area contributed by atoms with E-state index in [9.17, 15) is 8.42 Å². The molecular formula is C22H31N3O4S. The highest BCUT2D eigenvalue weighted by Gasteiger charge is 2.11. The zero-order valence-electron chi connectivity index (χ0n) is 18.3. The molecule has 0 aromatic heterocycles. The van der Waals surface area contributed by atoms with Crippen LogP contribution in [0.1, 0.15) is 23.6 Å². The highest BCUT2D eigenvalue weighted by molar-refractivity contribution is 7.90. The van der Waals surface area contributed by atoms with Gasteiger partial charge in [-0.2, -0.15) is 0 Å². The summed E-state index contributed by atoms with van der Waals surface area (Å²) in [5.74, 6) is 2.13. The molecule has 0 radical (unpaired) electrons. The van der Waals surface area contributed by atoms with E-state index in [2.05, 4.69) is 15.6 Å². The van der Waals surface area contributed by atoms with Crippen molar-refractivity contribution in [3.8, 4) is 11.5 Å². The predicted molar refractivity (Wildman–Crippen MR) is 120 cm³/mol. The van der Waals surface area contributed by atoms with Crippen molar-refractivity contribution < 1.29 is 17.9 Å². The second kappa shape index (κ2) is 10.9. The maximum Gasteiger partial charge on any atom is 0.191 e. The minimum absolute atomic E-state index is 0.357. The summed E-state index contributed by atoms with van der Waals surface area (Å²) in [6, 6.07) is 11.2. The van der Waals surface area contributed by atoms with Gasteiger partial charge in [0.1, 0.15) is 0 Å². The number of hydrogen-bond acceptors (Lipinski definition) is 5. The topological polar surface area (TPSA) is 89.0 Å². The monoisotopic (exact) mass is 433 g/mol. The van der Waals surface area contributed by atoms with Crippen molar-refractivity contribution in [2.45, 2.75) is 31.7 Å². The van der Waals surface area contributed by atoms with Crippen LogP contribution < -0.4 is 20.1 Å². The lowest BCUT2D eigenvalue weighted by Crippen LogP contribution is -2.38. The normalized spacial score (nSPS) is 11.8. The number of nitrogens with zero attached hydrogens (tertiary/aromatic N) is 1. The number of aryl methyl sites for hydroxylation is 1. The molecule has 7 nitrogen and oxygen atoms in total. The van der Waals surface area contributed by atoms with Crippen LogP contribution in [-0.2, 0) is 22.8 Å². The Kier molecular flexibility index (Phi) is 8.53. The standard InChI is InChI=1S/C22H31N3O4S/c1-6-23-22(24-12-11-17-7-9-19(28-3)20(14-17)29-4)25-15-18-8-10-21(16(2)13-18)30(5,26)27/h7-10,13-14H,6,11-12,15H2,1-5H3,(H2,23,24,25). The van der Waals surface area contributed by atoms with Gasteiger partial charge in [-0.3, -0.25) is 0 Å². The molecule has 0 aliphatic rings. The van der Waals surface area contributed by atoms with Gasteiger partial charge >= 0.3 is 0 Å². The molecule has 2 rings (SSSR count). The molecule has 0 aliphatic carbocycles. The molecule has 0 bridgehead atoms. The summed E-state index contributed by atoms with van der Waals surface area (Å²) in [6.45, 7) is 5.71. The van der Waals surface area contributed by atoms with Crippen LogP contribution in [0.3, 0.4) is 0 Å². The molecule has 0 aliphatic heterocycles. The number of nitrogens with one attached hydrogen (secondary N) is 2. The second-order valence-corrected chi connectivity index (χ2v) is 8.92. The van der Waals surface area contributed by atoms with Crippen LogP contribution in [0, 0.1) is 6.92 Å². The van der Waals surface area contributed by atoms with E-state index in [0.29, 0.717) is 35.4 Å². The van der Waals surface area contributed by atoms with E-state index in [1.54, 1.807) is 33.3 Å². The fourth-order valence-corrected chi connectivity index (χ4v) is 4.06. The van der Waals surface area contributed by atoms with Crippen molar-refractivity contribution in [3.63, 3.8) is 0 Å². The summed E-state index contributed by atoms with van der Waals surface area (Å²) in [5.41, 5.74) is 2.82. The van der Waals surface area contributed by atoms with Gasteiger partial charge in [0, 0.05) is 19.3 Å². The summed E-state index contributed by atoms with van der Waals surface area (Å²) in [7, 11) is 0.0291. The highest BCUT2D eigenvalue weighted by Crippen LogP contribution is 2.27. The summed E-state index contributed by atoms with van der Waals surface area (Å²) >= 11 is 0. The van der Waals surface area contributed by atoms with E-state index in [0.717, 1.165) is 29.7 Å². The Morgan fingerprint density at radius 3 is 2.30 bits per heavy atom. The molecule has 2 aromatic rings. The molecule has 0 unspecified atom stereocenters. The van der Waals surface area contributed by atoms with Gasteiger partial charge in [-0.25, -0.2) is 13.4 Å². The molecule has 0 saturated heterocycles. The average molecular weight is 434 g/mol. The van der Waals surface area contributed by atoms with Gasteiger partial charge in [-0.15, -0.1) is 0 Å². The van der Waals surface area contributed by atoms with Crippen LogP contribution in [0.4, 0.5) is 0 Å². The van der Waals surface area contributed by atoms with Gasteiger partial charge < -0.3 is 20.1 Å². The number of ether oxygens (including phenoxy) is 2. The number of rotatable bonds is 9. The Labute approximate surface area is 179 Å². The van der Waals surface area contributed by atoms with E-state index in [-0.39, 0.29) is 0 Å². The number of guanidine groups is 1. The van der Waals surface area contributed by atoms with Crippen molar-refractivity contribution in [1.29, 1.82) is 0 Å². The summed E-state index contributed by atoms with van der Waals surface area (Å²) in [4.78, 5) is 4.97. The minimum atomic E-state index is -3.22. The van der Waals surface area contributed by atoms with E-state index in [1.165, 1.54) is 6.26 Å². The summed E-state index contributed by atoms with van der Waals surface area (Å²) in [5, 5.41) is 6.56. The van der Waals surface area contributed by atoms with Gasteiger partial charge in [0.25, 0.3) is 0 Å². The van der Waals surface area contributed by atoms with Crippen molar-refractivity contribution in [2.24, 2.45) is 4.99 Å². The van der Waals surface area contributed by atoms with E-state index < -0.39 is 9.84 Å². The molecular weight excluding hydrogens is 402 g/mol.